The number of nitro benzene ring substituents is 1. The average molecular weight is 402 g/mol. The first-order chi connectivity index (χ1) is 13.1. The minimum absolute atomic E-state index is 0.0406. The van der Waals surface area contributed by atoms with Crippen LogP contribution in [0, 0.1) is 10.1 Å². The molecular weight excluding hydrogens is 388 g/mol. The van der Waals surface area contributed by atoms with Crippen LogP contribution in [0.4, 0.5) is 10.8 Å². The van der Waals surface area contributed by atoms with E-state index in [4.69, 9.17) is 4.74 Å². The molecule has 0 spiro atoms. The normalized spacial score (nSPS) is 10.4. The highest BCUT2D eigenvalue weighted by Gasteiger charge is 2.10. The van der Waals surface area contributed by atoms with Gasteiger partial charge in [0.05, 0.1) is 4.92 Å². The minimum Gasteiger partial charge on any atom is -0.484 e. The molecule has 0 aliphatic heterocycles. The number of hydrogen-bond donors (Lipinski definition) is 1. The van der Waals surface area contributed by atoms with Gasteiger partial charge in [0.25, 0.3) is 11.6 Å². The molecule has 0 unspecified atom stereocenters. The number of non-ortho nitro benzene ring substituents is 1. The van der Waals surface area contributed by atoms with E-state index in [0.29, 0.717) is 10.9 Å². The molecule has 3 aromatic rings. The van der Waals surface area contributed by atoms with E-state index in [-0.39, 0.29) is 18.2 Å². The lowest BCUT2D eigenvalue weighted by Crippen LogP contribution is -2.20. The number of amides is 1. The monoisotopic (exact) mass is 402 g/mol. The lowest BCUT2D eigenvalue weighted by molar-refractivity contribution is -0.384. The number of aromatic nitrogens is 2. The van der Waals surface area contributed by atoms with Gasteiger partial charge in [-0.1, -0.05) is 53.4 Å². The van der Waals surface area contributed by atoms with Crippen LogP contribution in [0.5, 0.6) is 5.75 Å². The Bertz CT molecular complexity index is 916. The van der Waals surface area contributed by atoms with E-state index in [1.165, 1.54) is 41.2 Å². The Morgan fingerprint density at radius 1 is 1.15 bits per heavy atom. The highest BCUT2D eigenvalue weighted by atomic mass is 32.2. The number of rotatable bonds is 8. The second kappa shape index (κ2) is 9.10. The van der Waals surface area contributed by atoms with E-state index in [2.05, 4.69) is 15.5 Å². The zero-order valence-electron chi connectivity index (χ0n) is 13.9. The smallest absolute Gasteiger partial charge is 0.269 e. The number of hydrogen-bond acceptors (Lipinski definition) is 8. The van der Waals surface area contributed by atoms with Gasteiger partial charge >= 0.3 is 0 Å². The van der Waals surface area contributed by atoms with Crippen LogP contribution < -0.4 is 10.1 Å². The van der Waals surface area contributed by atoms with Crippen LogP contribution >= 0.6 is 23.1 Å². The number of thioether (sulfide) groups is 1. The fourth-order valence-corrected chi connectivity index (χ4v) is 3.73. The molecule has 1 amide bonds. The first-order valence-electron chi connectivity index (χ1n) is 7.77. The highest BCUT2D eigenvalue weighted by Crippen LogP contribution is 2.28. The van der Waals surface area contributed by atoms with Crippen LogP contribution in [0.15, 0.2) is 58.9 Å². The predicted molar refractivity (Wildman–Crippen MR) is 103 cm³/mol. The molecule has 0 radical (unpaired) electrons. The van der Waals surface area contributed by atoms with Crippen molar-refractivity contribution < 1.29 is 14.5 Å². The summed E-state index contributed by atoms with van der Waals surface area (Å²) in [4.78, 5) is 22.0. The van der Waals surface area contributed by atoms with Gasteiger partial charge in [-0.3, -0.25) is 20.2 Å². The Morgan fingerprint density at radius 2 is 1.89 bits per heavy atom. The van der Waals surface area contributed by atoms with Crippen molar-refractivity contribution in [1.29, 1.82) is 0 Å². The van der Waals surface area contributed by atoms with Crippen LogP contribution in [0.3, 0.4) is 0 Å². The summed E-state index contributed by atoms with van der Waals surface area (Å²) in [5.74, 6) is 0.753. The largest absolute Gasteiger partial charge is 0.484 e. The Labute approximate surface area is 162 Å². The van der Waals surface area contributed by atoms with Crippen LogP contribution in [-0.2, 0) is 10.5 Å². The topological polar surface area (TPSA) is 107 Å². The van der Waals surface area contributed by atoms with E-state index >= 15 is 0 Å². The molecular formula is C17H14N4O4S2. The molecule has 0 saturated carbocycles. The maximum absolute atomic E-state index is 11.9. The van der Waals surface area contributed by atoms with Crippen molar-refractivity contribution in [3.8, 4) is 5.75 Å². The SMILES string of the molecule is O=C(COc1ccc([N+](=O)[O-])cc1)Nc1nnc(SCc2ccccc2)s1. The first-order valence-corrected chi connectivity index (χ1v) is 9.58. The van der Waals surface area contributed by atoms with Crippen molar-refractivity contribution in [2.45, 2.75) is 10.1 Å². The molecule has 27 heavy (non-hydrogen) atoms. The van der Waals surface area contributed by atoms with Crippen LogP contribution in [-0.4, -0.2) is 27.6 Å². The number of nitro groups is 1. The molecule has 1 heterocycles. The molecule has 10 heteroatoms. The molecule has 1 N–H and O–H groups in total. The summed E-state index contributed by atoms with van der Waals surface area (Å²) in [5.41, 5.74) is 1.14. The van der Waals surface area contributed by atoms with Gasteiger partial charge in [0.15, 0.2) is 10.9 Å². The fourth-order valence-electron chi connectivity index (χ4n) is 2.01. The Morgan fingerprint density at radius 3 is 2.59 bits per heavy atom. The van der Waals surface area contributed by atoms with Crippen LogP contribution in [0.25, 0.3) is 0 Å². The third kappa shape index (κ3) is 5.76. The number of carbonyl (C=O) groups is 1. The zero-order chi connectivity index (χ0) is 19.1. The molecule has 3 rings (SSSR count). The summed E-state index contributed by atoms with van der Waals surface area (Å²) >= 11 is 2.83. The number of nitrogens with one attached hydrogen (secondary N) is 1. The van der Waals surface area contributed by atoms with Crippen molar-refractivity contribution in [3.63, 3.8) is 0 Å². The number of anilines is 1. The van der Waals surface area contributed by atoms with E-state index in [1.807, 2.05) is 30.3 Å². The first kappa shape index (κ1) is 18.8. The third-order valence-electron chi connectivity index (χ3n) is 3.28. The number of benzene rings is 2. The summed E-state index contributed by atoms with van der Waals surface area (Å²) in [6.07, 6.45) is 0. The van der Waals surface area contributed by atoms with E-state index in [9.17, 15) is 14.9 Å². The summed E-state index contributed by atoms with van der Waals surface area (Å²) in [6.45, 7) is -0.232. The standard InChI is InChI=1S/C17H14N4O4S2/c22-15(10-25-14-8-6-13(7-9-14)21(23)24)18-16-19-20-17(27-16)26-11-12-4-2-1-3-5-12/h1-9H,10-11H2,(H,18,19,22). The molecule has 138 valence electrons. The van der Waals surface area contributed by atoms with E-state index in [1.54, 1.807) is 11.8 Å². The Balaban J connectivity index is 1.45. The van der Waals surface area contributed by atoms with E-state index in [0.717, 1.165) is 10.1 Å². The molecule has 0 fully saturated rings. The van der Waals surface area contributed by atoms with Crippen LogP contribution in [0.2, 0.25) is 0 Å². The third-order valence-corrected chi connectivity index (χ3v) is 5.32. The maximum atomic E-state index is 11.9. The predicted octanol–water partition coefficient (Wildman–Crippen LogP) is 3.76. The maximum Gasteiger partial charge on any atom is 0.269 e. The molecule has 0 atom stereocenters. The van der Waals surface area contributed by atoms with E-state index < -0.39 is 4.92 Å². The highest BCUT2D eigenvalue weighted by molar-refractivity contribution is 8.00. The quantitative estimate of drug-likeness (QED) is 0.264. The van der Waals surface area contributed by atoms with Gasteiger partial charge in [-0.25, -0.2) is 0 Å². The number of nitrogens with zero attached hydrogens (tertiary/aromatic N) is 3. The van der Waals surface area contributed by atoms with Gasteiger partial charge in [-0.15, -0.1) is 10.2 Å². The average Bonchev–Trinajstić information content (AvgIpc) is 3.13. The van der Waals surface area contributed by atoms with Gasteiger partial charge < -0.3 is 4.74 Å². The molecule has 0 saturated heterocycles. The fraction of sp³-hybridized carbons (Fsp3) is 0.118. The summed E-state index contributed by atoms with van der Waals surface area (Å²) in [6, 6.07) is 15.5. The molecule has 0 aliphatic rings. The minimum atomic E-state index is -0.501. The van der Waals surface area contributed by atoms with Gasteiger partial charge in [-0.2, -0.15) is 0 Å². The van der Waals surface area contributed by atoms with Crippen molar-refractivity contribution >= 4 is 39.8 Å². The molecule has 8 nitrogen and oxygen atoms in total. The summed E-state index contributed by atoms with van der Waals surface area (Å²) in [7, 11) is 0. The van der Waals surface area contributed by atoms with Gasteiger partial charge in [-0.05, 0) is 17.7 Å². The van der Waals surface area contributed by atoms with Gasteiger partial charge in [0.2, 0.25) is 5.13 Å². The second-order valence-corrected chi connectivity index (χ2v) is 7.44. The van der Waals surface area contributed by atoms with Gasteiger partial charge in [0.1, 0.15) is 5.75 Å². The summed E-state index contributed by atoms with van der Waals surface area (Å²) in [5, 5.41) is 21.6. The second-order valence-electron chi connectivity index (χ2n) is 5.24. The lowest BCUT2D eigenvalue weighted by atomic mass is 10.2. The summed E-state index contributed by atoms with van der Waals surface area (Å²) < 4.78 is 6.06. The van der Waals surface area contributed by atoms with Gasteiger partial charge in [0, 0.05) is 17.9 Å². The lowest BCUT2D eigenvalue weighted by Gasteiger charge is -2.05. The molecule has 0 bridgehead atoms. The number of ether oxygens (including phenoxy) is 1. The van der Waals surface area contributed by atoms with Crippen molar-refractivity contribution in [2.24, 2.45) is 0 Å². The van der Waals surface area contributed by atoms with Crippen molar-refractivity contribution in [2.75, 3.05) is 11.9 Å². The van der Waals surface area contributed by atoms with Crippen molar-refractivity contribution in [3.05, 3.63) is 70.3 Å². The van der Waals surface area contributed by atoms with Crippen LogP contribution in [0.1, 0.15) is 5.56 Å². The zero-order valence-corrected chi connectivity index (χ0v) is 15.5. The molecule has 1 aromatic heterocycles. The van der Waals surface area contributed by atoms with Crippen molar-refractivity contribution in [1.82, 2.24) is 10.2 Å². The molecule has 0 aliphatic carbocycles. The Kier molecular flexibility index (Phi) is 6.34. The molecule has 2 aromatic carbocycles. The Hall–Kier alpha value is -2.98. The number of carbonyl (C=O) groups excluding carboxylic acids is 1.